The summed E-state index contributed by atoms with van der Waals surface area (Å²) in [7, 11) is 0. The van der Waals surface area contributed by atoms with Crippen LogP contribution in [0.4, 0.5) is 0 Å². The summed E-state index contributed by atoms with van der Waals surface area (Å²) in [5, 5.41) is 12.1. The third-order valence-corrected chi connectivity index (χ3v) is 2.65. The number of ether oxygens (including phenoxy) is 1. The second-order valence-electron chi connectivity index (χ2n) is 3.50. The predicted molar refractivity (Wildman–Crippen MR) is 57.2 cm³/mol. The number of hydrogen-bond donors (Lipinski definition) is 1. The Morgan fingerprint density at radius 2 is 2.13 bits per heavy atom. The molecule has 1 aliphatic carbocycles. The third kappa shape index (κ3) is 1.09. The van der Waals surface area contributed by atoms with Crippen LogP contribution in [0.1, 0.15) is 5.56 Å². The van der Waals surface area contributed by atoms with Gasteiger partial charge in [-0.2, -0.15) is 0 Å². The van der Waals surface area contributed by atoms with E-state index in [0.717, 1.165) is 16.9 Å². The summed E-state index contributed by atoms with van der Waals surface area (Å²) < 4.78 is 5.70. The molecule has 0 saturated heterocycles. The topological polar surface area (TPSA) is 41.8 Å². The Bertz CT molecular complexity index is 500. The highest BCUT2D eigenvalue weighted by Crippen LogP contribution is 2.39. The van der Waals surface area contributed by atoms with Gasteiger partial charge in [0.05, 0.1) is 0 Å². The van der Waals surface area contributed by atoms with E-state index in [0.29, 0.717) is 5.71 Å². The van der Waals surface area contributed by atoms with Crippen molar-refractivity contribution < 1.29 is 9.94 Å². The van der Waals surface area contributed by atoms with Crippen molar-refractivity contribution in [3.63, 3.8) is 0 Å². The summed E-state index contributed by atoms with van der Waals surface area (Å²) in [6.07, 6.45) is 5.36. The van der Waals surface area contributed by atoms with Crippen molar-refractivity contribution in [3.8, 4) is 5.75 Å². The molecule has 0 spiro atoms. The first-order chi connectivity index (χ1) is 7.40. The minimum Gasteiger partial charge on any atom is -0.479 e. The molecule has 0 radical (unpaired) electrons. The first-order valence-electron chi connectivity index (χ1n) is 4.76. The maximum atomic E-state index is 8.85. The molecule has 1 unspecified atom stereocenters. The molecule has 15 heavy (non-hydrogen) atoms. The van der Waals surface area contributed by atoms with E-state index in [-0.39, 0.29) is 6.10 Å². The van der Waals surface area contributed by atoms with Crippen molar-refractivity contribution in [1.29, 1.82) is 0 Å². The lowest BCUT2D eigenvalue weighted by Gasteiger charge is -2.13. The zero-order valence-electron chi connectivity index (χ0n) is 7.92. The fourth-order valence-corrected chi connectivity index (χ4v) is 1.96. The fourth-order valence-electron chi connectivity index (χ4n) is 1.96. The van der Waals surface area contributed by atoms with E-state index in [4.69, 9.17) is 9.94 Å². The van der Waals surface area contributed by atoms with E-state index < -0.39 is 0 Å². The van der Waals surface area contributed by atoms with Crippen LogP contribution in [-0.4, -0.2) is 17.0 Å². The van der Waals surface area contributed by atoms with Gasteiger partial charge in [0.25, 0.3) is 0 Å². The summed E-state index contributed by atoms with van der Waals surface area (Å²) in [5.41, 5.74) is 2.68. The van der Waals surface area contributed by atoms with Crippen molar-refractivity contribution in [1.82, 2.24) is 0 Å². The second-order valence-corrected chi connectivity index (χ2v) is 3.50. The van der Waals surface area contributed by atoms with Crippen LogP contribution < -0.4 is 4.74 Å². The van der Waals surface area contributed by atoms with Crippen LogP contribution in [0.25, 0.3) is 5.57 Å². The molecule has 0 amide bonds. The van der Waals surface area contributed by atoms with Gasteiger partial charge in [0.2, 0.25) is 0 Å². The van der Waals surface area contributed by atoms with Crippen LogP contribution in [0.2, 0.25) is 0 Å². The van der Waals surface area contributed by atoms with Crippen LogP contribution in [-0.2, 0) is 0 Å². The average molecular weight is 199 g/mol. The van der Waals surface area contributed by atoms with Gasteiger partial charge in [-0.3, -0.25) is 0 Å². The summed E-state index contributed by atoms with van der Waals surface area (Å²) in [4.78, 5) is 0. The van der Waals surface area contributed by atoms with Crippen LogP contribution in [0.5, 0.6) is 5.75 Å². The Kier molecular flexibility index (Phi) is 1.65. The molecule has 1 atom stereocenters. The van der Waals surface area contributed by atoms with Crippen LogP contribution >= 0.6 is 0 Å². The quantitative estimate of drug-likeness (QED) is 0.514. The standard InChI is InChI=1S/C12H9NO2/c14-13-10-6-3-5-9-8-4-1-2-7-11(8)15-12(9)10/h1-7,12,14H. The Hall–Kier alpha value is -2.03. The van der Waals surface area contributed by atoms with Crippen molar-refractivity contribution in [2.24, 2.45) is 5.16 Å². The Labute approximate surface area is 87.0 Å². The summed E-state index contributed by atoms with van der Waals surface area (Å²) in [6.45, 7) is 0. The summed E-state index contributed by atoms with van der Waals surface area (Å²) in [5.74, 6) is 0.846. The van der Waals surface area contributed by atoms with Gasteiger partial charge in [-0.15, -0.1) is 0 Å². The Morgan fingerprint density at radius 3 is 3.00 bits per heavy atom. The van der Waals surface area contributed by atoms with Gasteiger partial charge in [0.1, 0.15) is 11.5 Å². The molecular weight excluding hydrogens is 190 g/mol. The van der Waals surface area contributed by atoms with E-state index in [9.17, 15) is 0 Å². The van der Waals surface area contributed by atoms with Crippen LogP contribution in [0, 0.1) is 0 Å². The van der Waals surface area contributed by atoms with Gasteiger partial charge < -0.3 is 9.94 Å². The zero-order chi connectivity index (χ0) is 10.3. The molecule has 74 valence electrons. The van der Waals surface area contributed by atoms with E-state index >= 15 is 0 Å². The monoisotopic (exact) mass is 199 g/mol. The highest BCUT2D eigenvalue weighted by molar-refractivity contribution is 6.10. The van der Waals surface area contributed by atoms with Gasteiger partial charge >= 0.3 is 0 Å². The molecule has 0 bridgehead atoms. The summed E-state index contributed by atoms with van der Waals surface area (Å²) in [6, 6.07) is 7.83. The number of allylic oxidation sites excluding steroid dienone is 2. The number of hydrogen-bond acceptors (Lipinski definition) is 3. The molecule has 3 rings (SSSR count). The molecule has 1 N–H and O–H groups in total. The van der Waals surface area contributed by atoms with Crippen LogP contribution in [0.3, 0.4) is 0 Å². The average Bonchev–Trinajstić information content (AvgIpc) is 2.67. The SMILES string of the molecule is ON=C1C=CC=C2c3ccccc3OC21. The predicted octanol–water partition coefficient (Wildman–Crippen LogP) is 2.23. The van der Waals surface area contributed by atoms with Crippen LogP contribution in [0.15, 0.2) is 47.6 Å². The van der Waals surface area contributed by atoms with Crippen molar-refractivity contribution >= 4 is 11.3 Å². The molecule has 1 aliphatic heterocycles. The maximum absolute atomic E-state index is 8.85. The number of oxime groups is 1. The smallest absolute Gasteiger partial charge is 0.170 e. The number of nitrogens with zero attached hydrogens (tertiary/aromatic N) is 1. The molecular formula is C12H9NO2. The normalized spacial score (nSPS) is 24.4. The first kappa shape index (κ1) is 8.29. The number of para-hydroxylation sites is 1. The summed E-state index contributed by atoms with van der Waals surface area (Å²) >= 11 is 0. The van der Waals surface area contributed by atoms with Crippen molar-refractivity contribution in [2.45, 2.75) is 6.10 Å². The first-order valence-corrected chi connectivity index (χ1v) is 4.76. The van der Waals surface area contributed by atoms with E-state index in [2.05, 4.69) is 5.16 Å². The lowest BCUT2D eigenvalue weighted by atomic mass is 9.96. The number of fused-ring (bicyclic) bond motifs is 3. The third-order valence-electron chi connectivity index (χ3n) is 2.65. The van der Waals surface area contributed by atoms with Crippen molar-refractivity contribution in [2.75, 3.05) is 0 Å². The molecule has 1 aromatic carbocycles. The maximum Gasteiger partial charge on any atom is 0.170 e. The molecule has 2 aliphatic rings. The molecule has 1 aromatic rings. The van der Waals surface area contributed by atoms with Crippen molar-refractivity contribution in [3.05, 3.63) is 48.1 Å². The largest absolute Gasteiger partial charge is 0.479 e. The lowest BCUT2D eigenvalue weighted by Crippen LogP contribution is -2.24. The van der Waals surface area contributed by atoms with E-state index in [1.165, 1.54) is 0 Å². The minimum absolute atomic E-state index is 0.252. The van der Waals surface area contributed by atoms with E-state index in [1.54, 1.807) is 6.08 Å². The fraction of sp³-hybridized carbons (Fsp3) is 0.0833. The van der Waals surface area contributed by atoms with Gasteiger partial charge in [-0.1, -0.05) is 35.5 Å². The molecule has 1 heterocycles. The Morgan fingerprint density at radius 1 is 1.27 bits per heavy atom. The highest BCUT2D eigenvalue weighted by Gasteiger charge is 2.32. The number of benzene rings is 1. The lowest BCUT2D eigenvalue weighted by molar-refractivity contribution is 0.297. The molecule has 0 aromatic heterocycles. The van der Waals surface area contributed by atoms with Gasteiger partial charge in [-0.25, -0.2) is 0 Å². The molecule has 0 saturated carbocycles. The molecule has 3 heteroatoms. The van der Waals surface area contributed by atoms with Gasteiger partial charge in [0, 0.05) is 11.1 Å². The van der Waals surface area contributed by atoms with E-state index in [1.807, 2.05) is 36.4 Å². The minimum atomic E-state index is -0.252. The highest BCUT2D eigenvalue weighted by atomic mass is 16.5. The second kappa shape index (κ2) is 2.98. The number of rotatable bonds is 0. The Balaban J connectivity index is 2.16. The molecule has 0 fully saturated rings. The van der Waals surface area contributed by atoms with Gasteiger partial charge in [-0.05, 0) is 12.1 Å². The van der Waals surface area contributed by atoms with Gasteiger partial charge in [0.15, 0.2) is 6.10 Å². The molecule has 3 nitrogen and oxygen atoms in total. The zero-order valence-corrected chi connectivity index (χ0v) is 7.92.